The quantitative estimate of drug-likeness (QED) is 0.670. The van der Waals surface area contributed by atoms with E-state index in [0.717, 1.165) is 12.1 Å². The van der Waals surface area contributed by atoms with Gasteiger partial charge in [0.2, 0.25) is 5.91 Å². The van der Waals surface area contributed by atoms with Crippen LogP contribution in [0.15, 0.2) is 47.4 Å². The number of sulfonamides is 1. The van der Waals surface area contributed by atoms with Gasteiger partial charge in [-0.1, -0.05) is 6.07 Å². The highest BCUT2D eigenvalue weighted by Gasteiger charge is 2.39. The van der Waals surface area contributed by atoms with Crippen molar-refractivity contribution in [3.05, 3.63) is 53.8 Å². The molecule has 0 radical (unpaired) electrons. The zero-order valence-corrected chi connectivity index (χ0v) is 20.5. The average Bonchev–Trinajstić information content (AvgIpc) is 2.81. The van der Waals surface area contributed by atoms with Gasteiger partial charge < -0.3 is 19.3 Å². The van der Waals surface area contributed by atoms with Crippen molar-refractivity contribution in [1.29, 1.82) is 0 Å². The number of fused-ring (bicyclic) bond motifs is 2. The Labute approximate surface area is 203 Å². The lowest BCUT2D eigenvalue weighted by Crippen LogP contribution is -2.53. The second kappa shape index (κ2) is 9.82. The number of halogens is 1. The lowest BCUT2D eigenvalue weighted by molar-refractivity contribution is -0.140. The first kappa shape index (κ1) is 24.9. The maximum Gasteiger partial charge on any atom is 0.261 e. The van der Waals surface area contributed by atoms with E-state index >= 15 is 0 Å². The highest BCUT2D eigenvalue weighted by Crippen LogP contribution is 2.33. The van der Waals surface area contributed by atoms with E-state index in [1.807, 2.05) is 0 Å². The van der Waals surface area contributed by atoms with Crippen LogP contribution in [0.5, 0.6) is 5.75 Å². The molecule has 35 heavy (non-hydrogen) atoms. The van der Waals surface area contributed by atoms with Crippen molar-refractivity contribution < 1.29 is 31.9 Å². The largest absolute Gasteiger partial charge is 0.490 e. The molecule has 4 rings (SSSR count). The highest BCUT2D eigenvalue weighted by atomic mass is 32.2. The molecule has 2 amide bonds. The number of hydrogen-bond acceptors (Lipinski definition) is 6. The minimum absolute atomic E-state index is 0.0248. The van der Waals surface area contributed by atoms with Gasteiger partial charge in [-0.05, 0) is 49.2 Å². The van der Waals surface area contributed by atoms with Crippen LogP contribution in [-0.4, -0.2) is 76.0 Å². The van der Waals surface area contributed by atoms with Gasteiger partial charge in [0.05, 0.1) is 29.0 Å². The minimum Gasteiger partial charge on any atom is -0.490 e. The molecule has 0 unspecified atom stereocenters. The normalized spacial score (nSPS) is 22.2. The summed E-state index contributed by atoms with van der Waals surface area (Å²) in [6.07, 6.45) is 0.870. The predicted octanol–water partition coefficient (Wildman–Crippen LogP) is 2.49. The van der Waals surface area contributed by atoms with Crippen molar-refractivity contribution in [2.45, 2.75) is 42.4 Å². The van der Waals surface area contributed by atoms with Gasteiger partial charge in [0, 0.05) is 26.8 Å². The second-order valence-corrected chi connectivity index (χ2v) is 10.6. The Morgan fingerprint density at radius 3 is 2.69 bits per heavy atom. The number of anilines is 1. The van der Waals surface area contributed by atoms with E-state index in [0.29, 0.717) is 18.6 Å². The zero-order valence-electron chi connectivity index (χ0n) is 19.7. The Kier molecular flexibility index (Phi) is 7.00. The number of nitrogens with zero attached hydrogens (tertiary/aromatic N) is 2. The van der Waals surface area contributed by atoms with Gasteiger partial charge in [-0.15, -0.1) is 0 Å². The fourth-order valence-electron chi connectivity index (χ4n) is 4.32. The fraction of sp³-hybridized carbons (Fsp3) is 0.417. The van der Waals surface area contributed by atoms with Crippen LogP contribution in [0.25, 0.3) is 0 Å². The molecule has 1 N–H and O–H groups in total. The summed E-state index contributed by atoms with van der Waals surface area (Å²) in [6.45, 7) is 0.177. The topological polar surface area (TPSA) is 105 Å². The number of amides is 2. The summed E-state index contributed by atoms with van der Waals surface area (Å²) in [5.41, 5.74) is 0.355. The molecule has 1 fully saturated rings. The molecule has 2 heterocycles. The van der Waals surface area contributed by atoms with Crippen LogP contribution in [0.2, 0.25) is 0 Å². The molecule has 188 valence electrons. The van der Waals surface area contributed by atoms with Gasteiger partial charge in [0.1, 0.15) is 24.3 Å². The Balaban J connectivity index is 1.54. The summed E-state index contributed by atoms with van der Waals surface area (Å²) in [4.78, 5) is 28.3. The van der Waals surface area contributed by atoms with Crippen molar-refractivity contribution in [2.75, 3.05) is 32.5 Å². The lowest BCUT2D eigenvalue weighted by atomic mass is 9.94. The van der Waals surface area contributed by atoms with Crippen LogP contribution in [0.3, 0.4) is 0 Å². The number of benzene rings is 2. The first-order chi connectivity index (χ1) is 16.5. The maximum atomic E-state index is 13.5. The molecule has 9 nitrogen and oxygen atoms in total. The summed E-state index contributed by atoms with van der Waals surface area (Å²) in [6, 6.07) is 8.80. The molecule has 2 aromatic rings. The SMILES string of the molecule is CN(C)C(=O)C[C@H]1CC[C@H]2[C@H](COc3ccc(NS(=O)(=O)c4cccc(F)c4)cc3C(=O)N2C)O1. The lowest BCUT2D eigenvalue weighted by Gasteiger charge is -2.42. The molecule has 0 saturated carbocycles. The molecule has 3 atom stereocenters. The molecule has 0 bridgehead atoms. The number of nitrogens with one attached hydrogen (secondary N) is 1. The maximum absolute atomic E-state index is 13.5. The summed E-state index contributed by atoms with van der Waals surface area (Å²) in [5.74, 6) is -0.742. The molecule has 2 aliphatic heterocycles. The van der Waals surface area contributed by atoms with Crippen LogP contribution >= 0.6 is 0 Å². The minimum atomic E-state index is -4.06. The number of carbonyl (C=O) groups excluding carboxylic acids is 2. The van der Waals surface area contributed by atoms with Crippen molar-refractivity contribution in [2.24, 2.45) is 0 Å². The molecule has 2 aromatic carbocycles. The third-order valence-corrected chi connectivity index (χ3v) is 7.65. The summed E-state index contributed by atoms with van der Waals surface area (Å²) in [7, 11) is 1.01. The Hall–Kier alpha value is -3.18. The van der Waals surface area contributed by atoms with E-state index in [4.69, 9.17) is 9.47 Å². The third-order valence-electron chi connectivity index (χ3n) is 6.27. The Bertz CT molecular complexity index is 1240. The first-order valence-corrected chi connectivity index (χ1v) is 12.7. The van der Waals surface area contributed by atoms with Crippen molar-refractivity contribution in [1.82, 2.24) is 9.80 Å². The third kappa shape index (κ3) is 5.40. The number of rotatable bonds is 5. The van der Waals surface area contributed by atoms with Crippen LogP contribution in [0, 0.1) is 5.82 Å². The van der Waals surface area contributed by atoms with E-state index in [-0.39, 0.29) is 53.1 Å². The van der Waals surface area contributed by atoms with Gasteiger partial charge in [0.25, 0.3) is 15.9 Å². The van der Waals surface area contributed by atoms with Gasteiger partial charge in [-0.2, -0.15) is 0 Å². The molecule has 11 heteroatoms. The van der Waals surface area contributed by atoms with Gasteiger partial charge in [-0.3, -0.25) is 14.3 Å². The Morgan fingerprint density at radius 2 is 1.97 bits per heavy atom. The van der Waals surface area contributed by atoms with E-state index in [9.17, 15) is 22.4 Å². The van der Waals surface area contributed by atoms with E-state index < -0.39 is 21.9 Å². The van der Waals surface area contributed by atoms with E-state index in [2.05, 4.69) is 4.72 Å². The first-order valence-electron chi connectivity index (χ1n) is 11.2. The molecule has 0 aliphatic carbocycles. The van der Waals surface area contributed by atoms with Crippen molar-refractivity contribution >= 4 is 27.5 Å². The molecule has 2 aliphatic rings. The molecule has 0 aromatic heterocycles. The highest BCUT2D eigenvalue weighted by molar-refractivity contribution is 7.92. The number of carbonyl (C=O) groups is 2. The van der Waals surface area contributed by atoms with E-state index in [1.54, 1.807) is 26.0 Å². The molecular formula is C24H28FN3O6S. The van der Waals surface area contributed by atoms with Gasteiger partial charge >= 0.3 is 0 Å². The predicted molar refractivity (Wildman–Crippen MR) is 126 cm³/mol. The summed E-state index contributed by atoms with van der Waals surface area (Å²) >= 11 is 0. The summed E-state index contributed by atoms with van der Waals surface area (Å²) in [5, 5.41) is 0. The van der Waals surface area contributed by atoms with Crippen molar-refractivity contribution in [3.8, 4) is 5.75 Å². The van der Waals surface area contributed by atoms with Crippen molar-refractivity contribution in [3.63, 3.8) is 0 Å². The van der Waals surface area contributed by atoms with Crippen LogP contribution in [-0.2, 0) is 19.6 Å². The molecular weight excluding hydrogens is 477 g/mol. The van der Waals surface area contributed by atoms with Crippen LogP contribution in [0.4, 0.5) is 10.1 Å². The zero-order chi connectivity index (χ0) is 25.3. The van der Waals surface area contributed by atoms with Gasteiger partial charge in [0.15, 0.2) is 0 Å². The number of likely N-dealkylation sites (N-methyl/N-ethyl adjacent to an activating group) is 1. The molecule has 1 saturated heterocycles. The smallest absolute Gasteiger partial charge is 0.261 e. The van der Waals surface area contributed by atoms with Crippen LogP contribution < -0.4 is 9.46 Å². The average molecular weight is 506 g/mol. The Morgan fingerprint density at radius 1 is 1.20 bits per heavy atom. The second-order valence-electron chi connectivity index (χ2n) is 8.93. The molecule has 0 spiro atoms. The number of ether oxygens (including phenoxy) is 2. The summed E-state index contributed by atoms with van der Waals surface area (Å²) < 4.78 is 53.3. The van der Waals surface area contributed by atoms with Crippen LogP contribution in [0.1, 0.15) is 29.6 Å². The van der Waals surface area contributed by atoms with E-state index in [1.165, 1.54) is 35.2 Å². The monoisotopic (exact) mass is 505 g/mol. The number of hydrogen-bond donors (Lipinski definition) is 1. The standard InChI is InChI=1S/C24H28FN3O6S/c1-27(2)23(29)13-17-8-9-20-22(34-17)14-33-21-10-7-16(12-19(21)24(30)28(20)3)26-35(31,32)18-6-4-5-15(25)11-18/h4-7,10-12,17,20,22,26H,8-9,13-14H2,1-3H3/t17-,20+,22+/m1/s1. The van der Waals surface area contributed by atoms with Gasteiger partial charge in [-0.25, -0.2) is 12.8 Å². The fourth-order valence-corrected chi connectivity index (χ4v) is 5.40.